The van der Waals surface area contributed by atoms with E-state index >= 15 is 0 Å². The van der Waals surface area contributed by atoms with Crippen LogP contribution in [0, 0.1) is 0 Å². The van der Waals surface area contributed by atoms with E-state index in [0.717, 1.165) is 12.0 Å². The van der Waals surface area contributed by atoms with Crippen LogP contribution in [0.1, 0.15) is 6.92 Å². The van der Waals surface area contributed by atoms with E-state index in [9.17, 15) is 9.36 Å². The van der Waals surface area contributed by atoms with Gasteiger partial charge < -0.3 is 19.4 Å². The van der Waals surface area contributed by atoms with E-state index in [-0.39, 0.29) is 0 Å². The summed E-state index contributed by atoms with van der Waals surface area (Å²) >= 11 is 0. The molecule has 0 heterocycles. The standard InChI is InChI=1S/C6H14NO5P/c1-5(13(10,11)12-3)6(9)7(2)4-8/h5,8H,4H2,1-3H3,(H,10,11). The van der Waals surface area contributed by atoms with Gasteiger partial charge in [0.25, 0.3) is 0 Å². The monoisotopic (exact) mass is 211 g/mol. The van der Waals surface area contributed by atoms with Gasteiger partial charge in [0.15, 0.2) is 0 Å². The number of amides is 1. The zero-order chi connectivity index (χ0) is 10.6. The highest BCUT2D eigenvalue weighted by Crippen LogP contribution is 2.46. The van der Waals surface area contributed by atoms with Gasteiger partial charge in [0.2, 0.25) is 5.91 Å². The lowest BCUT2D eigenvalue weighted by Crippen LogP contribution is -2.35. The van der Waals surface area contributed by atoms with E-state index in [1.165, 1.54) is 14.0 Å². The Hall–Kier alpha value is -0.420. The molecule has 13 heavy (non-hydrogen) atoms. The van der Waals surface area contributed by atoms with Crippen LogP contribution >= 0.6 is 7.60 Å². The predicted octanol–water partition coefficient (Wildman–Crippen LogP) is -0.385. The number of hydrogen-bond donors (Lipinski definition) is 2. The highest BCUT2D eigenvalue weighted by atomic mass is 31.2. The van der Waals surface area contributed by atoms with Crippen LogP contribution in [0.4, 0.5) is 0 Å². The summed E-state index contributed by atoms with van der Waals surface area (Å²) in [5.74, 6) is -0.629. The van der Waals surface area contributed by atoms with Crippen LogP contribution in [0.3, 0.4) is 0 Å². The Labute approximate surface area is 76.7 Å². The minimum absolute atomic E-state index is 0.493. The summed E-state index contributed by atoms with van der Waals surface area (Å²) in [4.78, 5) is 21.3. The maximum absolute atomic E-state index is 11.2. The molecule has 78 valence electrons. The lowest BCUT2D eigenvalue weighted by atomic mass is 10.4. The van der Waals surface area contributed by atoms with E-state index in [1.54, 1.807) is 0 Å². The van der Waals surface area contributed by atoms with Crippen LogP contribution in [0.5, 0.6) is 0 Å². The van der Waals surface area contributed by atoms with Gasteiger partial charge in [0, 0.05) is 14.2 Å². The molecule has 2 unspecified atom stereocenters. The lowest BCUT2D eigenvalue weighted by molar-refractivity contribution is -0.132. The molecule has 0 aliphatic carbocycles. The summed E-state index contributed by atoms with van der Waals surface area (Å²) in [6, 6.07) is 0. The van der Waals surface area contributed by atoms with Crippen molar-refractivity contribution in [2.45, 2.75) is 12.6 Å². The van der Waals surface area contributed by atoms with Crippen molar-refractivity contribution < 1.29 is 23.9 Å². The summed E-state index contributed by atoms with van der Waals surface area (Å²) in [5.41, 5.74) is -1.16. The first-order chi connectivity index (χ1) is 5.86. The molecule has 2 atom stereocenters. The zero-order valence-corrected chi connectivity index (χ0v) is 8.69. The molecule has 6 nitrogen and oxygen atoms in total. The van der Waals surface area contributed by atoms with Crippen LogP contribution < -0.4 is 0 Å². The summed E-state index contributed by atoms with van der Waals surface area (Å²) in [6.07, 6.45) is 0. The minimum atomic E-state index is -3.89. The number of rotatable bonds is 4. The molecule has 0 saturated heterocycles. The molecule has 0 aromatic heterocycles. The first-order valence-electron chi connectivity index (χ1n) is 3.61. The molecular formula is C6H14NO5P. The van der Waals surface area contributed by atoms with Crippen molar-refractivity contribution in [1.82, 2.24) is 4.90 Å². The molecule has 2 N–H and O–H groups in total. The van der Waals surface area contributed by atoms with Crippen molar-refractivity contribution in [3.8, 4) is 0 Å². The fourth-order valence-electron chi connectivity index (χ4n) is 0.686. The fraction of sp³-hybridized carbons (Fsp3) is 0.833. The van der Waals surface area contributed by atoms with E-state index < -0.39 is 25.9 Å². The third kappa shape index (κ3) is 3.08. The molecule has 0 rings (SSSR count). The predicted molar refractivity (Wildman–Crippen MR) is 46.2 cm³/mol. The number of carbonyl (C=O) groups excluding carboxylic acids is 1. The molecule has 0 bridgehead atoms. The first kappa shape index (κ1) is 12.6. The largest absolute Gasteiger partial charge is 0.376 e. The summed E-state index contributed by atoms with van der Waals surface area (Å²) in [6.45, 7) is 0.783. The van der Waals surface area contributed by atoms with E-state index in [4.69, 9.17) is 10.00 Å². The van der Waals surface area contributed by atoms with Gasteiger partial charge in [-0.3, -0.25) is 9.36 Å². The van der Waals surface area contributed by atoms with Gasteiger partial charge in [-0.1, -0.05) is 0 Å². The van der Waals surface area contributed by atoms with E-state index in [1.807, 2.05) is 0 Å². The molecule has 1 amide bonds. The van der Waals surface area contributed by atoms with Crippen LogP contribution in [0.2, 0.25) is 0 Å². The summed E-state index contributed by atoms with van der Waals surface area (Å²) < 4.78 is 15.4. The fourth-order valence-corrected chi connectivity index (χ4v) is 1.48. The smallest absolute Gasteiger partial charge is 0.339 e. The summed E-state index contributed by atoms with van der Waals surface area (Å²) in [7, 11) is -1.50. The molecule has 0 saturated carbocycles. The topological polar surface area (TPSA) is 87.1 Å². The molecule has 0 aliphatic rings. The highest BCUT2D eigenvalue weighted by molar-refractivity contribution is 7.54. The third-order valence-corrected chi connectivity index (χ3v) is 3.42. The van der Waals surface area contributed by atoms with Gasteiger partial charge in [0.1, 0.15) is 12.4 Å². The average Bonchev–Trinajstić information content (AvgIpc) is 2.14. The van der Waals surface area contributed by atoms with Crippen molar-refractivity contribution >= 4 is 13.5 Å². The van der Waals surface area contributed by atoms with Crippen LogP contribution in [0.15, 0.2) is 0 Å². The molecule has 0 spiro atoms. The number of aliphatic hydroxyl groups is 1. The van der Waals surface area contributed by atoms with Crippen molar-refractivity contribution in [1.29, 1.82) is 0 Å². The van der Waals surface area contributed by atoms with Gasteiger partial charge in [-0.2, -0.15) is 0 Å². The Morgan fingerprint density at radius 1 is 1.69 bits per heavy atom. The molecule has 0 fully saturated rings. The van der Waals surface area contributed by atoms with E-state index in [0.29, 0.717) is 0 Å². The van der Waals surface area contributed by atoms with Crippen LogP contribution in [0.25, 0.3) is 0 Å². The number of carbonyl (C=O) groups is 1. The normalized spacial score (nSPS) is 17.6. The van der Waals surface area contributed by atoms with Gasteiger partial charge in [-0.05, 0) is 6.92 Å². The second-order valence-corrected chi connectivity index (χ2v) is 4.87. The minimum Gasteiger partial charge on any atom is -0.376 e. The van der Waals surface area contributed by atoms with Gasteiger partial charge >= 0.3 is 7.60 Å². The zero-order valence-electron chi connectivity index (χ0n) is 7.80. The Morgan fingerprint density at radius 3 is 2.46 bits per heavy atom. The van der Waals surface area contributed by atoms with Gasteiger partial charge in [-0.25, -0.2) is 0 Å². The molecule has 0 aromatic carbocycles. The van der Waals surface area contributed by atoms with Crippen molar-refractivity contribution in [3.63, 3.8) is 0 Å². The average molecular weight is 211 g/mol. The van der Waals surface area contributed by atoms with Gasteiger partial charge in [-0.15, -0.1) is 0 Å². The number of hydrogen-bond acceptors (Lipinski definition) is 4. The molecule has 0 radical (unpaired) electrons. The van der Waals surface area contributed by atoms with Crippen molar-refractivity contribution in [2.24, 2.45) is 0 Å². The van der Waals surface area contributed by atoms with Crippen LogP contribution in [-0.2, 0) is 13.9 Å². The second-order valence-electron chi connectivity index (χ2n) is 2.60. The summed E-state index contributed by atoms with van der Waals surface area (Å²) in [5, 5.41) is 8.59. The lowest BCUT2D eigenvalue weighted by Gasteiger charge is -2.21. The Kier molecular flexibility index (Phi) is 4.56. The maximum Gasteiger partial charge on any atom is 0.339 e. The Morgan fingerprint density at radius 2 is 2.15 bits per heavy atom. The molecular weight excluding hydrogens is 197 g/mol. The Balaban J connectivity index is 4.52. The van der Waals surface area contributed by atoms with Crippen LogP contribution in [-0.4, -0.2) is 47.4 Å². The molecule has 0 aromatic rings. The first-order valence-corrected chi connectivity index (χ1v) is 5.25. The quantitative estimate of drug-likeness (QED) is 0.488. The maximum atomic E-state index is 11.2. The highest BCUT2D eigenvalue weighted by Gasteiger charge is 2.34. The SMILES string of the molecule is COP(=O)(O)C(C)C(=O)N(C)CO. The van der Waals surface area contributed by atoms with E-state index in [2.05, 4.69) is 4.52 Å². The number of aliphatic hydroxyl groups excluding tert-OH is 1. The molecule has 0 aliphatic heterocycles. The molecule has 7 heteroatoms. The van der Waals surface area contributed by atoms with Crippen molar-refractivity contribution in [2.75, 3.05) is 20.9 Å². The van der Waals surface area contributed by atoms with Gasteiger partial charge in [0.05, 0.1) is 0 Å². The Bertz CT molecular complexity index is 231. The second kappa shape index (κ2) is 4.72. The third-order valence-electron chi connectivity index (χ3n) is 1.70. The number of nitrogens with zero attached hydrogens (tertiary/aromatic N) is 1. The van der Waals surface area contributed by atoms with Crippen molar-refractivity contribution in [3.05, 3.63) is 0 Å².